The number of phenolic OH excluding ortho intramolecular Hbond substituents is 1. The number of hydrogen-bond acceptors (Lipinski definition) is 14. The van der Waals surface area contributed by atoms with E-state index >= 15 is 0 Å². The quantitative estimate of drug-likeness (QED) is 0.0367. The van der Waals surface area contributed by atoms with Crippen molar-refractivity contribution in [2.75, 3.05) is 13.1 Å². The van der Waals surface area contributed by atoms with Gasteiger partial charge in [0.1, 0.15) is 42.0 Å². The third-order valence-corrected chi connectivity index (χ3v) is 9.46. The van der Waals surface area contributed by atoms with E-state index < -0.39 is 158 Å². The third-order valence-electron chi connectivity index (χ3n) is 9.46. The molecule has 0 heterocycles. The number of amides is 8. The Bertz CT molecular complexity index is 1980. The van der Waals surface area contributed by atoms with Crippen LogP contribution in [0.2, 0.25) is 0 Å². The van der Waals surface area contributed by atoms with Gasteiger partial charge in [0, 0.05) is 6.42 Å². The third kappa shape index (κ3) is 21.9. The maximum Gasteiger partial charge on any atom is 0.326 e. The second-order valence-corrected chi connectivity index (χ2v) is 16.5. The van der Waals surface area contributed by atoms with Gasteiger partial charge in [-0.1, -0.05) is 53.7 Å². The van der Waals surface area contributed by atoms with Crippen LogP contribution in [0.15, 0.2) is 24.3 Å². The Labute approximate surface area is 384 Å². The molecule has 0 aliphatic rings. The molecule has 1 aromatic rings. The fourth-order valence-electron chi connectivity index (χ4n) is 5.99. The molecule has 0 bridgehead atoms. The van der Waals surface area contributed by atoms with Gasteiger partial charge < -0.3 is 73.8 Å². The Hall–Kier alpha value is -7.38. The van der Waals surface area contributed by atoms with E-state index in [0.717, 1.165) is 0 Å². The molecule has 67 heavy (non-hydrogen) atoms. The molecule has 0 spiro atoms. The van der Waals surface area contributed by atoms with E-state index in [1.165, 1.54) is 24.3 Å². The first-order valence-corrected chi connectivity index (χ1v) is 20.9. The predicted molar refractivity (Wildman–Crippen MR) is 231 cm³/mol. The molecule has 0 aliphatic carbocycles. The molecule has 0 aliphatic heterocycles. The molecule has 0 saturated carbocycles. The van der Waals surface area contributed by atoms with Crippen LogP contribution in [-0.4, -0.2) is 152 Å². The molecular weight excluding hydrogens is 890 g/mol. The molecule has 7 atom stereocenters. The van der Waals surface area contributed by atoms with Gasteiger partial charge in [0.15, 0.2) is 0 Å². The van der Waals surface area contributed by atoms with Crippen LogP contribution in [0.3, 0.4) is 0 Å². The fourth-order valence-corrected chi connectivity index (χ4v) is 5.99. The van der Waals surface area contributed by atoms with Crippen LogP contribution in [-0.2, 0) is 64.0 Å². The zero-order valence-corrected chi connectivity index (χ0v) is 37.7. The second kappa shape index (κ2) is 27.8. The van der Waals surface area contributed by atoms with Crippen LogP contribution in [0.1, 0.15) is 72.8 Å². The normalized spacial score (nSPS) is 14.1. The lowest BCUT2D eigenvalue weighted by molar-refractivity contribution is -0.148. The number of carboxylic acids is 4. The van der Waals surface area contributed by atoms with Crippen LogP contribution in [0.4, 0.5) is 0 Å². The summed E-state index contributed by atoms with van der Waals surface area (Å²) in [6, 6.07) is -5.10. The zero-order valence-electron chi connectivity index (χ0n) is 37.7. The first-order valence-electron chi connectivity index (χ1n) is 20.9. The summed E-state index contributed by atoms with van der Waals surface area (Å²) >= 11 is 0. The number of benzene rings is 1. The van der Waals surface area contributed by atoms with E-state index in [-0.39, 0.29) is 24.5 Å². The first kappa shape index (κ1) is 57.6. The van der Waals surface area contributed by atoms with Gasteiger partial charge in [-0.15, -0.1) is 0 Å². The van der Waals surface area contributed by atoms with E-state index in [2.05, 4.69) is 31.9 Å². The summed E-state index contributed by atoms with van der Waals surface area (Å²) in [5.74, 6) is -15.6. The van der Waals surface area contributed by atoms with E-state index in [0.29, 0.717) is 5.56 Å². The van der Waals surface area contributed by atoms with Crippen LogP contribution < -0.4 is 48.3 Å². The summed E-state index contributed by atoms with van der Waals surface area (Å²) in [5, 5.41) is 64.6. The number of nitrogens with two attached hydrogens (primary N) is 1. The zero-order chi connectivity index (χ0) is 51.3. The van der Waals surface area contributed by atoms with E-state index in [4.69, 9.17) is 15.9 Å². The highest BCUT2D eigenvalue weighted by molar-refractivity contribution is 5.98. The van der Waals surface area contributed by atoms with Gasteiger partial charge in [-0.05, 0) is 41.9 Å². The lowest BCUT2D eigenvalue weighted by Gasteiger charge is -2.29. The largest absolute Gasteiger partial charge is 0.508 e. The highest BCUT2D eigenvalue weighted by Crippen LogP contribution is 2.14. The maximum atomic E-state index is 14.1. The number of carboxylic acid groups (broad SMARTS) is 4. The summed E-state index contributed by atoms with van der Waals surface area (Å²) < 4.78 is 0. The van der Waals surface area contributed by atoms with Crippen LogP contribution in [0, 0.1) is 17.8 Å². The van der Waals surface area contributed by atoms with Crippen molar-refractivity contribution >= 4 is 71.1 Å². The van der Waals surface area contributed by atoms with Crippen molar-refractivity contribution in [3.05, 3.63) is 29.8 Å². The van der Waals surface area contributed by atoms with Gasteiger partial charge in [-0.2, -0.15) is 0 Å². The second-order valence-electron chi connectivity index (χ2n) is 16.5. The first-order chi connectivity index (χ1) is 31.1. The van der Waals surface area contributed by atoms with Crippen LogP contribution in [0.5, 0.6) is 5.75 Å². The minimum absolute atomic E-state index is 0.00103. The Morgan fingerprint density at radius 1 is 0.493 bits per heavy atom. The van der Waals surface area contributed by atoms with Crippen LogP contribution >= 0.6 is 0 Å². The summed E-state index contributed by atoms with van der Waals surface area (Å²) in [7, 11) is 0. The minimum atomic E-state index is -1.96. The van der Waals surface area contributed by atoms with Crippen molar-refractivity contribution in [3.63, 3.8) is 0 Å². The molecule has 26 nitrogen and oxygen atoms in total. The Morgan fingerprint density at radius 3 is 1.42 bits per heavy atom. The number of hydrogen-bond donors (Lipinski definition) is 14. The average molecular weight is 952 g/mol. The van der Waals surface area contributed by atoms with Gasteiger partial charge in [0.2, 0.25) is 47.3 Å². The molecule has 8 amide bonds. The molecule has 0 radical (unpaired) electrons. The van der Waals surface area contributed by atoms with Gasteiger partial charge in [-0.3, -0.25) is 52.7 Å². The number of rotatable bonds is 29. The van der Waals surface area contributed by atoms with Crippen molar-refractivity contribution < 1.29 is 83.1 Å². The molecule has 1 aromatic carbocycles. The lowest BCUT2D eigenvalue weighted by Crippen LogP contribution is -2.60. The summed E-state index contributed by atoms with van der Waals surface area (Å²) in [4.78, 5) is 150. The monoisotopic (exact) mass is 951 g/mol. The number of phenols is 1. The highest BCUT2D eigenvalue weighted by atomic mass is 16.4. The standard InChI is InChI=1S/C41H61N9O17/c1-18(2)11-24(38(63)50-33(19(3)4)39(64)44-16-28(52)45-26(14-31(56)57)37(62)48-27(41(66)67)15-32(58)59)46-36(61)25(12-21-7-9-22(51)10-8-21)47-40(65)34(20(5)6)49-29(53)17-43-35(60)23(42)13-30(54)55/h7-10,18-20,23-27,33-34,51H,11-17,42H2,1-6H3,(H,43,60)(H,44,64)(H,45,52)(H,46,61)(H,47,65)(H,48,62)(H,49,53)(H,50,63)(H,54,55)(H,56,57)(H,58,59)(H,66,67)/t23-,24-,25-,26-,27-,33-,34-/m0/s1. The topological polar surface area (TPSA) is 428 Å². The van der Waals surface area contributed by atoms with Crippen molar-refractivity contribution in [2.45, 2.75) is 116 Å². The van der Waals surface area contributed by atoms with Gasteiger partial charge in [0.05, 0.1) is 38.4 Å². The highest BCUT2D eigenvalue weighted by Gasteiger charge is 2.35. The van der Waals surface area contributed by atoms with Crippen molar-refractivity contribution in [2.24, 2.45) is 23.5 Å². The molecule has 26 heteroatoms. The minimum Gasteiger partial charge on any atom is -0.508 e. The van der Waals surface area contributed by atoms with E-state index in [1.54, 1.807) is 41.5 Å². The SMILES string of the molecule is CC(C)C[C@H](NC(=O)[C@H](Cc1ccc(O)cc1)NC(=O)[C@@H](NC(=O)CNC(=O)[C@@H](N)CC(=O)O)C(C)C)C(=O)N[C@H](C(=O)NCC(=O)N[C@@H](CC(=O)O)C(=O)N[C@@H](CC(=O)O)C(=O)O)C(C)C. The smallest absolute Gasteiger partial charge is 0.326 e. The summed E-state index contributed by atoms with van der Waals surface area (Å²) in [6.07, 6.45) is -3.01. The lowest BCUT2D eigenvalue weighted by atomic mass is 9.98. The molecule has 372 valence electrons. The van der Waals surface area contributed by atoms with Gasteiger partial charge >= 0.3 is 23.9 Å². The number of aromatic hydroxyl groups is 1. The molecule has 0 saturated heterocycles. The van der Waals surface area contributed by atoms with Gasteiger partial charge in [-0.25, -0.2) is 4.79 Å². The van der Waals surface area contributed by atoms with Crippen molar-refractivity contribution in [1.82, 2.24) is 42.5 Å². The Kier molecular flexibility index (Phi) is 23.9. The van der Waals surface area contributed by atoms with Crippen molar-refractivity contribution in [1.29, 1.82) is 0 Å². The summed E-state index contributed by atoms with van der Waals surface area (Å²) in [5.41, 5.74) is 5.97. The molecule has 0 fully saturated rings. The molecule has 15 N–H and O–H groups in total. The van der Waals surface area contributed by atoms with Crippen molar-refractivity contribution in [3.8, 4) is 5.75 Å². The van der Waals surface area contributed by atoms with E-state index in [1.807, 2.05) is 10.6 Å². The Morgan fingerprint density at radius 2 is 0.925 bits per heavy atom. The fraction of sp³-hybridized carbons (Fsp3) is 0.561. The van der Waals surface area contributed by atoms with Crippen LogP contribution in [0.25, 0.3) is 0 Å². The number of aliphatic carboxylic acids is 4. The maximum absolute atomic E-state index is 14.1. The average Bonchev–Trinajstić information content (AvgIpc) is 3.21. The number of carbonyl (C=O) groups excluding carboxylic acids is 8. The molecule has 0 aromatic heterocycles. The Balaban J connectivity index is 3.26. The molecule has 1 rings (SSSR count). The van der Waals surface area contributed by atoms with E-state index in [9.17, 15) is 72.9 Å². The number of carbonyl (C=O) groups is 12. The van der Waals surface area contributed by atoms with Gasteiger partial charge in [0.25, 0.3) is 0 Å². The number of nitrogens with one attached hydrogen (secondary N) is 8. The molecular formula is C41H61N9O17. The predicted octanol–water partition coefficient (Wildman–Crippen LogP) is -3.73. The molecule has 0 unspecified atom stereocenters. The summed E-state index contributed by atoms with van der Waals surface area (Å²) in [6.45, 7) is 8.16.